The van der Waals surface area contributed by atoms with Crippen molar-refractivity contribution in [3.63, 3.8) is 0 Å². The number of hydrogen-bond acceptors (Lipinski definition) is 5. The van der Waals surface area contributed by atoms with E-state index < -0.39 is 5.60 Å². The monoisotopic (exact) mass is 491 g/mol. The minimum Gasteiger partial charge on any atom is -0.506 e. The highest BCUT2D eigenvalue weighted by atomic mass is 16.6. The Morgan fingerprint density at radius 1 is 1.25 bits per heavy atom. The number of phenolic OH excluding ortho intramolecular Hbond substituents is 1. The van der Waals surface area contributed by atoms with Crippen LogP contribution < -0.4 is 5.73 Å². The van der Waals surface area contributed by atoms with Crippen LogP contribution in [0, 0.1) is 6.92 Å². The number of rotatable bonds is 5. The van der Waals surface area contributed by atoms with Crippen LogP contribution in [0.2, 0.25) is 0 Å². The minimum absolute atomic E-state index is 0.110. The third-order valence-electron chi connectivity index (χ3n) is 7.23. The number of nitrogens with two attached hydrogens (primary N) is 1. The number of likely N-dealkylation sites (tertiary alicyclic amines) is 1. The lowest BCUT2D eigenvalue weighted by Crippen LogP contribution is -2.53. The summed E-state index contributed by atoms with van der Waals surface area (Å²) in [6.07, 6.45) is 4.82. The van der Waals surface area contributed by atoms with Crippen molar-refractivity contribution in [1.29, 1.82) is 0 Å². The maximum Gasteiger partial charge on any atom is 0.410 e. The highest BCUT2D eigenvalue weighted by Crippen LogP contribution is 2.44. The zero-order chi connectivity index (χ0) is 26.2. The van der Waals surface area contributed by atoms with Gasteiger partial charge in [0.25, 0.3) is 0 Å². The molecule has 6 nitrogen and oxygen atoms in total. The Labute approximate surface area is 215 Å². The van der Waals surface area contributed by atoms with Gasteiger partial charge in [-0.3, -0.25) is 4.90 Å². The SMILES string of the molecule is Cc1cc(O)c(N)cc1CC1=Cc2ccccc2C1N(C(C)C)[C@@H]1CCCN(C(=O)OC(C)(C)C)C1. The van der Waals surface area contributed by atoms with E-state index in [2.05, 4.69) is 49.1 Å². The number of piperidine rings is 1. The number of benzene rings is 2. The fourth-order valence-electron chi connectivity index (χ4n) is 5.66. The van der Waals surface area contributed by atoms with Crippen molar-refractivity contribution in [2.75, 3.05) is 18.8 Å². The fourth-order valence-corrected chi connectivity index (χ4v) is 5.66. The molecule has 2 aliphatic rings. The second kappa shape index (κ2) is 10.2. The standard InChI is InChI=1S/C30H41N3O3/c1-19(2)33(24-11-9-13-32(18-24)29(35)36-30(4,5)6)28-23(15-21-10-7-8-12-25(21)28)16-22-17-26(31)27(34)14-20(22)3/h7-8,10,12,14-15,17,19,24,28,34H,9,11,13,16,18,31H2,1-6H3/t24-,28?/m1/s1. The molecule has 3 N–H and O–H groups in total. The van der Waals surface area contributed by atoms with Crippen LogP contribution in [0.4, 0.5) is 10.5 Å². The summed E-state index contributed by atoms with van der Waals surface area (Å²) in [5.41, 5.74) is 12.0. The number of fused-ring (bicyclic) bond motifs is 1. The molecule has 0 bridgehead atoms. The lowest BCUT2D eigenvalue weighted by atomic mass is 9.91. The number of aromatic hydroxyl groups is 1. The number of carbonyl (C=O) groups is 1. The van der Waals surface area contributed by atoms with Crippen LogP contribution >= 0.6 is 0 Å². The topological polar surface area (TPSA) is 79.0 Å². The second-order valence-electron chi connectivity index (χ2n) is 11.5. The van der Waals surface area contributed by atoms with Gasteiger partial charge in [-0.05, 0) is 101 Å². The molecule has 36 heavy (non-hydrogen) atoms. The van der Waals surface area contributed by atoms with Crippen molar-refractivity contribution in [2.24, 2.45) is 0 Å². The van der Waals surface area contributed by atoms with Crippen LogP contribution in [-0.4, -0.2) is 51.8 Å². The number of phenols is 1. The highest BCUT2D eigenvalue weighted by Gasteiger charge is 2.39. The van der Waals surface area contributed by atoms with Crippen LogP contribution in [-0.2, 0) is 11.2 Å². The Balaban J connectivity index is 1.66. The zero-order valence-corrected chi connectivity index (χ0v) is 22.5. The lowest BCUT2D eigenvalue weighted by Gasteiger charge is -2.45. The van der Waals surface area contributed by atoms with Crippen LogP contribution in [0.25, 0.3) is 6.08 Å². The Bertz CT molecular complexity index is 1150. The molecular weight excluding hydrogens is 450 g/mol. The van der Waals surface area contributed by atoms with Gasteiger partial charge in [0.15, 0.2) is 0 Å². The molecule has 0 spiro atoms. The summed E-state index contributed by atoms with van der Waals surface area (Å²) in [4.78, 5) is 17.4. The average Bonchev–Trinajstić information content (AvgIpc) is 3.14. The van der Waals surface area contributed by atoms with Crippen LogP contribution in [0.15, 0.2) is 42.0 Å². The molecule has 1 heterocycles. The number of aryl methyl sites for hydroxylation is 1. The summed E-state index contributed by atoms with van der Waals surface area (Å²) in [6.45, 7) is 13.6. The molecule has 2 aromatic rings. The van der Waals surface area contributed by atoms with Gasteiger partial charge >= 0.3 is 6.09 Å². The highest BCUT2D eigenvalue weighted by molar-refractivity contribution is 5.69. The summed E-state index contributed by atoms with van der Waals surface area (Å²) in [6, 6.07) is 12.9. The van der Waals surface area contributed by atoms with E-state index in [0.29, 0.717) is 12.2 Å². The van der Waals surface area contributed by atoms with E-state index in [1.165, 1.54) is 16.7 Å². The summed E-state index contributed by atoms with van der Waals surface area (Å²) in [5.74, 6) is 0.129. The van der Waals surface area contributed by atoms with E-state index in [-0.39, 0.29) is 30.0 Å². The zero-order valence-electron chi connectivity index (χ0n) is 22.5. The number of amides is 1. The minimum atomic E-state index is -0.508. The predicted octanol–water partition coefficient (Wildman–Crippen LogP) is 6.07. The van der Waals surface area contributed by atoms with Crippen molar-refractivity contribution in [3.05, 3.63) is 64.2 Å². The van der Waals surface area contributed by atoms with Gasteiger partial charge in [-0.1, -0.05) is 30.3 Å². The number of carbonyl (C=O) groups excluding carboxylic acids is 1. The van der Waals surface area contributed by atoms with Crippen molar-refractivity contribution >= 4 is 17.9 Å². The first-order valence-electron chi connectivity index (χ1n) is 13.1. The maximum absolute atomic E-state index is 12.9. The molecule has 1 saturated heterocycles. The van der Waals surface area contributed by atoms with Gasteiger partial charge < -0.3 is 20.5 Å². The molecule has 1 unspecified atom stereocenters. The van der Waals surface area contributed by atoms with Crippen LogP contribution in [0.3, 0.4) is 0 Å². The van der Waals surface area contributed by atoms with Gasteiger partial charge in [0, 0.05) is 25.2 Å². The normalized spacial score (nSPS) is 20.0. The first-order chi connectivity index (χ1) is 16.9. The molecule has 6 heteroatoms. The van der Waals surface area contributed by atoms with Crippen LogP contribution in [0.1, 0.15) is 75.8 Å². The van der Waals surface area contributed by atoms with Crippen molar-refractivity contribution in [1.82, 2.24) is 9.80 Å². The van der Waals surface area contributed by atoms with E-state index >= 15 is 0 Å². The van der Waals surface area contributed by atoms with Gasteiger partial charge in [-0.15, -0.1) is 0 Å². The van der Waals surface area contributed by atoms with Gasteiger partial charge in [0.2, 0.25) is 0 Å². The van der Waals surface area contributed by atoms with Crippen LogP contribution in [0.5, 0.6) is 5.75 Å². The first kappa shape index (κ1) is 26.1. The fraction of sp³-hybridized carbons (Fsp3) is 0.500. The van der Waals surface area contributed by atoms with Gasteiger partial charge in [0.05, 0.1) is 11.7 Å². The van der Waals surface area contributed by atoms with Crippen molar-refractivity contribution in [2.45, 2.75) is 84.5 Å². The van der Waals surface area contributed by atoms with E-state index in [0.717, 1.165) is 36.9 Å². The Hall–Kier alpha value is -2.99. The van der Waals surface area contributed by atoms with E-state index in [4.69, 9.17) is 10.5 Å². The van der Waals surface area contributed by atoms with Gasteiger partial charge in [-0.25, -0.2) is 4.79 Å². The van der Waals surface area contributed by atoms with E-state index in [9.17, 15) is 9.90 Å². The average molecular weight is 492 g/mol. The maximum atomic E-state index is 12.9. The molecule has 0 aromatic heterocycles. The first-order valence-corrected chi connectivity index (χ1v) is 13.1. The van der Waals surface area contributed by atoms with Gasteiger partial charge in [-0.2, -0.15) is 0 Å². The lowest BCUT2D eigenvalue weighted by molar-refractivity contribution is 0.00247. The van der Waals surface area contributed by atoms with Crippen molar-refractivity contribution in [3.8, 4) is 5.75 Å². The smallest absolute Gasteiger partial charge is 0.410 e. The third kappa shape index (κ3) is 5.54. The van der Waals surface area contributed by atoms with Crippen molar-refractivity contribution < 1.29 is 14.6 Å². The molecule has 2 aromatic carbocycles. The number of ether oxygens (including phenoxy) is 1. The summed E-state index contributed by atoms with van der Waals surface area (Å²) < 4.78 is 5.71. The summed E-state index contributed by atoms with van der Waals surface area (Å²) in [5, 5.41) is 10.1. The van der Waals surface area contributed by atoms with E-state index in [1.807, 2.05) is 38.7 Å². The predicted molar refractivity (Wildman–Crippen MR) is 146 cm³/mol. The molecular formula is C30H41N3O3. The number of hydrogen-bond donors (Lipinski definition) is 2. The molecule has 1 fully saturated rings. The van der Waals surface area contributed by atoms with Gasteiger partial charge in [0.1, 0.15) is 11.4 Å². The number of nitrogen functional groups attached to an aromatic ring is 1. The number of nitrogens with zero attached hydrogens (tertiary/aromatic N) is 2. The largest absolute Gasteiger partial charge is 0.506 e. The molecule has 1 aliphatic carbocycles. The molecule has 2 atom stereocenters. The quantitative estimate of drug-likeness (QED) is 0.392. The molecule has 1 aliphatic heterocycles. The Morgan fingerprint density at radius 3 is 2.67 bits per heavy atom. The molecule has 194 valence electrons. The summed E-state index contributed by atoms with van der Waals surface area (Å²) >= 11 is 0. The molecule has 0 saturated carbocycles. The Morgan fingerprint density at radius 2 is 1.97 bits per heavy atom. The molecule has 4 rings (SSSR count). The van der Waals surface area contributed by atoms with E-state index in [1.54, 1.807) is 6.07 Å². The molecule has 1 amide bonds. The molecule has 0 radical (unpaired) electrons. The second-order valence-corrected chi connectivity index (χ2v) is 11.5. The Kier molecular flexibility index (Phi) is 7.37. The summed E-state index contributed by atoms with van der Waals surface area (Å²) in [7, 11) is 0. The number of anilines is 1. The third-order valence-corrected chi connectivity index (χ3v) is 7.23.